The monoisotopic (exact) mass is 588 g/mol. The van der Waals surface area contributed by atoms with Crippen molar-refractivity contribution in [3.8, 4) is 5.75 Å². The maximum Gasteiger partial charge on any atom is 0.338 e. The van der Waals surface area contributed by atoms with Crippen molar-refractivity contribution >= 4 is 17.5 Å². The van der Waals surface area contributed by atoms with Gasteiger partial charge < -0.3 is 14.6 Å². The second kappa shape index (κ2) is 18.4. The highest BCUT2D eigenvalue weighted by Crippen LogP contribution is 2.39. The highest BCUT2D eigenvalue weighted by Gasteiger charge is 2.41. The number of allylic oxidation sites excluding steroid dienone is 3. The lowest BCUT2D eigenvalue weighted by Crippen LogP contribution is -2.36. The van der Waals surface area contributed by atoms with Crippen LogP contribution < -0.4 is 4.74 Å². The number of esters is 1. The molecule has 43 heavy (non-hydrogen) atoms. The number of carbonyl (C=O) groups is 2. The van der Waals surface area contributed by atoms with E-state index in [0.29, 0.717) is 11.1 Å². The molecule has 0 radical (unpaired) electrons. The molecule has 234 valence electrons. The van der Waals surface area contributed by atoms with Crippen molar-refractivity contribution in [2.45, 2.75) is 122 Å². The molecule has 1 aliphatic rings. The maximum atomic E-state index is 13.1. The van der Waals surface area contributed by atoms with E-state index in [-0.39, 0.29) is 12.5 Å². The minimum atomic E-state index is -1.34. The van der Waals surface area contributed by atoms with Crippen LogP contribution in [0.2, 0.25) is 0 Å². The summed E-state index contributed by atoms with van der Waals surface area (Å²) in [4.78, 5) is 25.8. The van der Waals surface area contributed by atoms with E-state index in [1.165, 1.54) is 57.8 Å². The van der Waals surface area contributed by atoms with Gasteiger partial charge in [-0.15, -0.1) is 0 Å². The van der Waals surface area contributed by atoms with E-state index in [1.807, 2.05) is 43.3 Å². The van der Waals surface area contributed by atoms with Crippen molar-refractivity contribution in [2.75, 3.05) is 6.61 Å². The number of carbonyl (C=O) groups excluding carboxylic acids is 1. The third-order valence-corrected chi connectivity index (χ3v) is 8.43. The van der Waals surface area contributed by atoms with E-state index in [1.54, 1.807) is 30.3 Å². The van der Waals surface area contributed by atoms with E-state index >= 15 is 0 Å². The molecule has 0 saturated heterocycles. The molecular weight excluding hydrogens is 536 g/mol. The molecule has 2 unspecified atom stereocenters. The molecule has 5 nitrogen and oxygen atoms in total. The van der Waals surface area contributed by atoms with Crippen molar-refractivity contribution in [1.29, 1.82) is 0 Å². The summed E-state index contributed by atoms with van der Waals surface area (Å²) in [6, 6.07) is 14.9. The van der Waals surface area contributed by atoms with Crippen molar-refractivity contribution < 1.29 is 24.2 Å². The summed E-state index contributed by atoms with van der Waals surface area (Å²) >= 11 is 0. The first-order chi connectivity index (χ1) is 20.9. The van der Waals surface area contributed by atoms with Gasteiger partial charge in [0.15, 0.2) is 0 Å². The summed E-state index contributed by atoms with van der Waals surface area (Å²) in [7, 11) is 0. The molecule has 0 saturated carbocycles. The zero-order valence-electron chi connectivity index (χ0n) is 26.6. The smallest absolute Gasteiger partial charge is 0.338 e. The van der Waals surface area contributed by atoms with Gasteiger partial charge in [-0.2, -0.15) is 0 Å². The molecule has 3 rings (SSSR count). The summed E-state index contributed by atoms with van der Waals surface area (Å²) < 4.78 is 11.7. The fourth-order valence-electron chi connectivity index (χ4n) is 5.70. The molecule has 0 fully saturated rings. The van der Waals surface area contributed by atoms with Crippen molar-refractivity contribution in [2.24, 2.45) is 0 Å². The Morgan fingerprint density at radius 2 is 1.47 bits per heavy atom. The van der Waals surface area contributed by atoms with Crippen LogP contribution in [0.5, 0.6) is 5.75 Å². The average Bonchev–Trinajstić information content (AvgIpc) is 3.03. The quantitative estimate of drug-likeness (QED) is 0.123. The maximum absolute atomic E-state index is 13.1. The summed E-state index contributed by atoms with van der Waals surface area (Å²) in [5.74, 6) is -0.619. The second-order valence-corrected chi connectivity index (χ2v) is 11.9. The van der Waals surface area contributed by atoms with Crippen LogP contribution in [-0.4, -0.2) is 29.8 Å². The summed E-state index contributed by atoms with van der Waals surface area (Å²) in [6.07, 6.45) is 21.3. The van der Waals surface area contributed by atoms with E-state index < -0.39 is 17.4 Å². The lowest BCUT2D eigenvalue weighted by Gasteiger charge is -2.30. The molecule has 0 aliphatic heterocycles. The van der Waals surface area contributed by atoms with E-state index in [4.69, 9.17) is 9.47 Å². The summed E-state index contributed by atoms with van der Waals surface area (Å²) in [5, 5.41) is 10.4. The number of carboxylic acid groups (broad SMARTS) is 1. The minimum Gasteiger partial charge on any atom is -0.494 e. The summed E-state index contributed by atoms with van der Waals surface area (Å²) in [5.41, 5.74) is 1.37. The number of benzene rings is 2. The highest BCUT2D eigenvalue weighted by atomic mass is 16.5. The first-order valence-corrected chi connectivity index (χ1v) is 16.6. The first-order valence-electron chi connectivity index (χ1n) is 16.6. The number of aliphatic carboxylic acids is 1. The molecular formula is C38H52O5. The standard InChI is InChI=1S/C38H52O5/c1-4-6-8-9-10-11-12-13-14-17-29-42-33-23-21-31(22-24-33)32-25-27-38(28-26-32,37(40)41)35-20-16-15-19-34(35)36(39)43-30(3)18-7-5-2/h15-16,19-27,30H,4-14,17-18,28-29H2,1-3H3,(H,40,41). The van der Waals surface area contributed by atoms with Crippen molar-refractivity contribution in [3.05, 3.63) is 83.4 Å². The van der Waals surface area contributed by atoms with Gasteiger partial charge in [-0.3, -0.25) is 4.79 Å². The Bertz CT molecular complexity index is 1200. The third-order valence-electron chi connectivity index (χ3n) is 8.43. The first kappa shape index (κ1) is 34.2. The molecule has 0 bridgehead atoms. The van der Waals surface area contributed by atoms with Crippen LogP contribution in [0.3, 0.4) is 0 Å². The van der Waals surface area contributed by atoms with Gasteiger partial charge in [0.25, 0.3) is 0 Å². The van der Waals surface area contributed by atoms with E-state index in [9.17, 15) is 14.7 Å². The van der Waals surface area contributed by atoms with Crippen LogP contribution >= 0.6 is 0 Å². The van der Waals surface area contributed by atoms with Gasteiger partial charge in [-0.05, 0) is 61.1 Å². The summed E-state index contributed by atoms with van der Waals surface area (Å²) in [6.45, 7) is 6.96. The average molecular weight is 589 g/mol. The number of carboxylic acids is 1. The zero-order chi connectivity index (χ0) is 30.9. The molecule has 0 spiro atoms. The Kier molecular flexibility index (Phi) is 14.6. The Hall–Kier alpha value is -3.34. The Morgan fingerprint density at radius 1 is 0.837 bits per heavy atom. The Labute approximate surface area is 259 Å². The topological polar surface area (TPSA) is 72.8 Å². The fraction of sp³-hybridized carbons (Fsp3) is 0.526. The van der Waals surface area contributed by atoms with Crippen molar-refractivity contribution in [3.63, 3.8) is 0 Å². The lowest BCUT2D eigenvalue weighted by atomic mass is 9.72. The number of ether oxygens (including phenoxy) is 2. The molecule has 2 aromatic rings. The van der Waals surface area contributed by atoms with Gasteiger partial charge in [0.1, 0.15) is 11.2 Å². The van der Waals surface area contributed by atoms with Gasteiger partial charge in [0.05, 0.1) is 18.3 Å². The predicted molar refractivity (Wildman–Crippen MR) is 176 cm³/mol. The Balaban J connectivity index is 1.54. The fourth-order valence-corrected chi connectivity index (χ4v) is 5.70. The zero-order valence-corrected chi connectivity index (χ0v) is 26.6. The van der Waals surface area contributed by atoms with Gasteiger partial charge in [0, 0.05) is 0 Å². The van der Waals surface area contributed by atoms with Crippen LogP contribution in [-0.2, 0) is 14.9 Å². The van der Waals surface area contributed by atoms with Gasteiger partial charge in [-0.25, -0.2) is 4.79 Å². The molecule has 1 aliphatic carbocycles. The molecule has 0 amide bonds. The molecule has 1 N–H and O–H groups in total. The number of rotatable bonds is 20. The van der Waals surface area contributed by atoms with Gasteiger partial charge >= 0.3 is 11.9 Å². The molecule has 2 atom stereocenters. The highest BCUT2D eigenvalue weighted by molar-refractivity contribution is 5.97. The third kappa shape index (κ3) is 10.4. The predicted octanol–water partition coefficient (Wildman–Crippen LogP) is 10.1. The minimum absolute atomic E-state index is 0.225. The van der Waals surface area contributed by atoms with Crippen LogP contribution in [0.1, 0.15) is 132 Å². The van der Waals surface area contributed by atoms with Gasteiger partial charge in [0.2, 0.25) is 0 Å². The van der Waals surface area contributed by atoms with E-state index in [0.717, 1.165) is 49.2 Å². The van der Waals surface area contributed by atoms with Gasteiger partial charge in [-0.1, -0.05) is 133 Å². The van der Waals surface area contributed by atoms with Crippen LogP contribution in [0, 0.1) is 0 Å². The van der Waals surface area contributed by atoms with Crippen LogP contribution in [0.15, 0.2) is 66.8 Å². The number of hydrogen-bond donors (Lipinski definition) is 1. The largest absolute Gasteiger partial charge is 0.494 e. The normalized spacial score (nSPS) is 16.9. The number of unbranched alkanes of at least 4 members (excludes halogenated alkanes) is 10. The van der Waals surface area contributed by atoms with Crippen LogP contribution in [0.4, 0.5) is 0 Å². The van der Waals surface area contributed by atoms with Crippen molar-refractivity contribution in [1.82, 2.24) is 0 Å². The Morgan fingerprint density at radius 3 is 2.07 bits per heavy atom. The molecule has 0 heterocycles. The molecule has 5 heteroatoms. The molecule has 0 aromatic heterocycles. The second-order valence-electron chi connectivity index (χ2n) is 11.9. The van der Waals surface area contributed by atoms with Crippen LogP contribution in [0.25, 0.3) is 5.57 Å². The number of hydrogen-bond acceptors (Lipinski definition) is 4. The molecule has 2 aromatic carbocycles. The lowest BCUT2D eigenvalue weighted by molar-refractivity contribution is -0.141. The van der Waals surface area contributed by atoms with E-state index in [2.05, 4.69) is 13.8 Å². The SMILES string of the molecule is CCCCCCCCCCCCOc1ccc(C2=CCC(C(=O)O)(c3ccccc3C(=O)OC(C)CCCC)C=C2)cc1.